The summed E-state index contributed by atoms with van der Waals surface area (Å²) in [6.07, 6.45) is 0. The molecule has 3 aromatic carbocycles. The fraction of sp³-hybridized carbons (Fsp3) is 0.231. The lowest BCUT2D eigenvalue weighted by Gasteiger charge is -2.25. The van der Waals surface area contributed by atoms with E-state index in [2.05, 4.69) is 5.32 Å². The van der Waals surface area contributed by atoms with Crippen LogP contribution in [0.15, 0.2) is 66.7 Å². The molecular formula is C26H25N2O6-. The van der Waals surface area contributed by atoms with E-state index in [1.54, 1.807) is 30.3 Å². The molecule has 0 spiro atoms. The molecule has 0 aliphatic rings. The largest absolute Gasteiger partial charge is 0.548 e. The molecule has 176 valence electrons. The van der Waals surface area contributed by atoms with Crippen molar-refractivity contribution in [2.24, 2.45) is 0 Å². The van der Waals surface area contributed by atoms with Gasteiger partial charge in [0.05, 0.1) is 51.1 Å². The molecule has 8 nitrogen and oxygen atoms in total. The number of hydrogen-bond acceptors (Lipinski definition) is 8. The molecular weight excluding hydrogens is 436 g/mol. The van der Waals surface area contributed by atoms with Crippen LogP contribution in [0.4, 0.5) is 5.69 Å². The lowest BCUT2D eigenvalue weighted by molar-refractivity contribution is -0.307. The summed E-state index contributed by atoms with van der Waals surface area (Å²) in [5.74, 6) is -0.335. The predicted octanol–water partition coefficient (Wildman–Crippen LogP) is 3.07. The van der Waals surface area contributed by atoms with E-state index < -0.39 is 12.0 Å². The molecule has 0 aromatic heterocycles. The molecule has 0 heterocycles. The third-order valence-corrected chi connectivity index (χ3v) is 4.98. The number of carboxylic acids is 1. The molecule has 0 fully saturated rings. The third-order valence-electron chi connectivity index (χ3n) is 4.98. The molecule has 1 atom stereocenters. The molecule has 0 bridgehead atoms. The second kappa shape index (κ2) is 12.1. The van der Waals surface area contributed by atoms with Crippen LogP contribution in [0, 0.1) is 11.3 Å². The first-order valence-corrected chi connectivity index (χ1v) is 10.5. The molecule has 0 saturated carbocycles. The standard InChI is InChI=1S/C26H26N2O6/c1-31-23-14-21(25(26(29)30)28-20-10-8-18(16-27)9-11-20)22(15-24(23)32-2)34-13-12-33-17-19-6-4-3-5-7-19/h3-11,14-15,25,28H,12-13,17H2,1-2H3,(H,29,30)/p-1. The van der Waals surface area contributed by atoms with E-state index in [1.807, 2.05) is 36.4 Å². The summed E-state index contributed by atoms with van der Waals surface area (Å²) in [7, 11) is 2.94. The second-order valence-corrected chi connectivity index (χ2v) is 7.22. The van der Waals surface area contributed by atoms with E-state index >= 15 is 0 Å². The van der Waals surface area contributed by atoms with Crippen molar-refractivity contribution in [1.82, 2.24) is 0 Å². The fourth-order valence-electron chi connectivity index (χ4n) is 3.27. The number of carbonyl (C=O) groups excluding carboxylic acids is 1. The van der Waals surface area contributed by atoms with E-state index in [0.717, 1.165) is 5.56 Å². The number of benzene rings is 3. The predicted molar refractivity (Wildman–Crippen MR) is 124 cm³/mol. The minimum absolute atomic E-state index is 0.186. The van der Waals surface area contributed by atoms with Crippen LogP contribution < -0.4 is 24.6 Å². The van der Waals surface area contributed by atoms with Crippen LogP contribution in [0.3, 0.4) is 0 Å². The quantitative estimate of drug-likeness (QED) is 0.410. The number of nitrogens with one attached hydrogen (secondary N) is 1. The van der Waals surface area contributed by atoms with Crippen LogP contribution in [-0.4, -0.2) is 33.4 Å². The van der Waals surface area contributed by atoms with Crippen molar-refractivity contribution in [3.8, 4) is 23.3 Å². The Morgan fingerprint density at radius 2 is 1.65 bits per heavy atom. The first kappa shape index (κ1) is 24.4. The van der Waals surface area contributed by atoms with Gasteiger partial charge in [0.2, 0.25) is 0 Å². The zero-order chi connectivity index (χ0) is 24.3. The number of rotatable bonds is 12. The highest BCUT2D eigenvalue weighted by Crippen LogP contribution is 2.38. The third kappa shape index (κ3) is 6.40. The molecule has 0 saturated heterocycles. The Kier molecular flexibility index (Phi) is 8.72. The molecule has 3 aromatic rings. The summed E-state index contributed by atoms with van der Waals surface area (Å²) in [4.78, 5) is 12.1. The van der Waals surface area contributed by atoms with Crippen molar-refractivity contribution in [3.05, 3.63) is 83.4 Å². The van der Waals surface area contributed by atoms with Gasteiger partial charge >= 0.3 is 0 Å². The van der Waals surface area contributed by atoms with Crippen molar-refractivity contribution in [3.63, 3.8) is 0 Å². The maximum atomic E-state index is 12.1. The van der Waals surface area contributed by atoms with Gasteiger partial charge in [-0.15, -0.1) is 0 Å². The Balaban J connectivity index is 1.79. The van der Waals surface area contributed by atoms with Gasteiger partial charge in [-0.05, 0) is 35.9 Å². The summed E-state index contributed by atoms with van der Waals surface area (Å²) < 4.78 is 22.2. The fourth-order valence-corrected chi connectivity index (χ4v) is 3.27. The molecule has 0 aliphatic heterocycles. The molecule has 34 heavy (non-hydrogen) atoms. The van der Waals surface area contributed by atoms with Crippen molar-refractivity contribution >= 4 is 11.7 Å². The molecule has 3 rings (SSSR count). The van der Waals surface area contributed by atoms with Gasteiger partial charge in [-0.2, -0.15) is 5.26 Å². The first-order chi connectivity index (χ1) is 16.5. The number of hydrogen-bond donors (Lipinski definition) is 1. The monoisotopic (exact) mass is 461 g/mol. The zero-order valence-corrected chi connectivity index (χ0v) is 18.9. The number of carboxylic acid groups (broad SMARTS) is 1. The van der Waals surface area contributed by atoms with Crippen LogP contribution in [0.5, 0.6) is 17.2 Å². The van der Waals surface area contributed by atoms with Crippen LogP contribution >= 0.6 is 0 Å². The van der Waals surface area contributed by atoms with Gasteiger partial charge in [-0.1, -0.05) is 30.3 Å². The molecule has 0 amide bonds. The van der Waals surface area contributed by atoms with E-state index in [0.29, 0.717) is 41.5 Å². The maximum Gasteiger partial charge on any atom is 0.164 e. The Hall–Kier alpha value is -4.22. The first-order valence-electron chi connectivity index (χ1n) is 10.5. The molecule has 1 N–H and O–H groups in total. The number of methoxy groups -OCH3 is 2. The van der Waals surface area contributed by atoms with Crippen molar-refractivity contribution in [2.45, 2.75) is 12.6 Å². The normalized spacial score (nSPS) is 11.2. The number of anilines is 1. The van der Waals surface area contributed by atoms with Gasteiger partial charge in [-0.25, -0.2) is 0 Å². The van der Waals surface area contributed by atoms with Gasteiger partial charge in [0.1, 0.15) is 12.4 Å². The highest BCUT2D eigenvalue weighted by atomic mass is 16.5. The number of ether oxygens (including phenoxy) is 4. The summed E-state index contributed by atoms with van der Waals surface area (Å²) in [5.41, 5.74) is 2.30. The van der Waals surface area contributed by atoms with E-state index in [4.69, 9.17) is 24.2 Å². The van der Waals surface area contributed by atoms with Crippen LogP contribution in [0.1, 0.15) is 22.7 Å². The average Bonchev–Trinajstić information content (AvgIpc) is 2.87. The number of aliphatic carboxylic acids is 1. The Bertz CT molecular complexity index is 1130. The van der Waals surface area contributed by atoms with Crippen LogP contribution in [0.2, 0.25) is 0 Å². The van der Waals surface area contributed by atoms with Gasteiger partial charge in [0, 0.05) is 17.3 Å². The highest BCUT2D eigenvalue weighted by Gasteiger charge is 2.22. The summed E-state index contributed by atoms with van der Waals surface area (Å²) in [6, 6.07) is 20.0. The lowest BCUT2D eigenvalue weighted by Crippen LogP contribution is -2.34. The smallest absolute Gasteiger partial charge is 0.164 e. The van der Waals surface area contributed by atoms with Crippen molar-refractivity contribution in [2.75, 3.05) is 32.8 Å². The van der Waals surface area contributed by atoms with Crippen LogP contribution in [0.25, 0.3) is 0 Å². The number of carbonyl (C=O) groups is 1. The van der Waals surface area contributed by atoms with Gasteiger partial charge in [-0.3, -0.25) is 0 Å². The number of nitrogens with zero attached hydrogens (tertiary/aromatic N) is 1. The maximum absolute atomic E-state index is 12.1. The summed E-state index contributed by atoms with van der Waals surface area (Å²) in [5, 5.41) is 24.0. The highest BCUT2D eigenvalue weighted by molar-refractivity contribution is 5.79. The minimum Gasteiger partial charge on any atom is -0.548 e. The SMILES string of the molecule is COc1cc(OCCOCc2ccccc2)c(C(Nc2ccc(C#N)cc2)C(=O)[O-])cc1OC. The second-order valence-electron chi connectivity index (χ2n) is 7.22. The zero-order valence-electron chi connectivity index (χ0n) is 18.9. The van der Waals surface area contributed by atoms with Gasteiger partial charge in [0.25, 0.3) is 0 Å². The molecule has 0 aliphatic carbocycles. The minimum atomic E-state index is -1.36. The molecule has 1 unspecified atom stereocenters. The lowest BCUT2D eigenvalue weighted by atomic mass is 10.0. The van der Waals surface area contributed by atoms with E-state index in [9.17, 15) is 9.90 Å². The Morgan fingerprint density at radius 3 is 2.26 bits per heavy atom. The topological polar surface area (TPSA) is 113 Å². The Morgan fingerprint density at radius 1 is 0.971 bits per heavy atom. The Labute approximate surface area is 198 Å². The van der Waals surface area contributed by atoms with Gasteiger partial charge < -0.3 is 34.2 Å². The van der Waals surface area contributed by atoms with E-state index in [-0.39, 0.29) is 12.4 Å². The average molecular weight is 461 g/mol. The van der Waals surface area contributed by atoms with E-state index in [1.165, 1.54) is 20.3 Å². The summed E-state index contributed by atoms with van der Waals surface area (Å²) in [6.45, 7) is 0.915. The van der Waals surface area contributed by atoms with Crippen LogP contribution in [-0.2, 0) is 16.1 Å². The number of nitriles is 1. The summed E-state index contributed by atoms with van der Waals surface area (Å²) >= 11 is 0. The van der Waals surface area contributed by atoms with Gasteiger partial charge in [0.15, 0.2) is 11.5 Å². The van der Waals surface area contributed by atoms with Crippen molar-refractivity contribution < 1.29 is 28.8 Å². The molecule has 8 heteroatoms. The van der Waals surface area contributed by atoms with Crippen molar-refractivity contribution in [1.29, 1.82) is 5.26 Å². The molecule has 0 radical (unpaired) electrons.